The number of imidazole rings is 2. The highest BCUT2D eigenvalue weighted by atomic mass is 15.4. The number of benzene rings is 4. The quantitative estimate of drug-likeness (QED) is 0.143. The fraction of sp³-hybridized carbons (Fsp3) is 0.681. The average Bonchev–Trinajstić information content (AvgIpc) is 1.57. The molecule has 20 heteroatoms. The third-order valence-electron chi connectivity index (χ3n) is 29.8. The van der Waals surface area contributed by atoms with Gasteiger partial charge in [0.25, 0.3) is 0 Å². The maximum atomic E-state index is 4.34. The Hall–Kier alpha value is -6.76. The highest BCUT2D eigenvalue weighted by Gasteiger charge is 2.38. The number of hydrogen-bond acceptors (Lipinski definition) is 16. The number of fused-ring (bicyclic) bond motifs is 10. The Kier molecular flexibility index (Phi) is 36.5. The van der Waals surface area contributed by atoms with E-state index in [2.05, 4.69) is 428 Å². The molecule has 0 aliphatic carbocycles. The van der Waals surface area contributed by atoms with E-state index >= 15 is 0 Å². The topological polar surface area (TPSA) is 110 Å². The van der Waals surface area contributed by atoms with Gasteiger partial charge in [0, 0.05) is 248 Å². The molecule has 4 saturated heterocycles. The van der Waals surface area contributed by atoms with E-state index < -0.39 is 0 Å². The number of hydrogen-bond donors (Lipinski definition) is 0. The summed E-state index contributed by atoms with van der Waals surface area (Å²) in [6, 6.07) is 41.2. The summed E-state index contributed by atoms with van der Waals surface area (Å²) in [7, 11) is 0. The molecule has 16 heterocycles. The van der Waals surface area contributed by atoms with Crippen LogP contribution in [-0.4, -0.2) is 256 Å². The molecule has 8 aromatic rings. The van der Waals surface area contributed by atoms with Gasteiger partial charge in [-0.1, -0.05) is 103 Å². The molecule has 4 aromatic heterocycles. The van der Waals surface area contributed by atoms with Crippen molar-refractivity contribution in [1.29, 1.82) is 0 Å². The zero-order valence-corrected chi connectivity index (χ0v) is 89.7. The Morgan fingerprint density at radius 3 is 0.910 bits per heavy atom. The van der Waals surface area contributed by atoms with Gasteiger partial charge in [-0.05, 0) is 316 Å². The molecule has 4 fully saturated rings. The minimum Gasteiger partial charge on any atom is -0.349 e. The van der Waals surface area contributed by atoms with Crippen molar-refractivity contribution < 1.29 is 0 Å². The van der Waals surface area contributed by atoms with E-state index in [1.807, 2.05) is 17.1 Å². The lowest BCUT2D eigenvalue weighted by molar-refractivity contribution is 0.00573. The fourth-order valence-corrected chi connectivity index (χ4v) is 20.1. The summed E-state index contributed by atoms with van der Waals surface area (Å²) in [4.78, 5) is 43.6. The molecule has 0 bridgehead atoms. The molecule has 12 aliphatic heterocycles. The molecule has 2 atom stereocenters. The van der Waals surface area contributed by atoms with Crippen molar-refractivity contribution in [2.75, 3.05) is 91.6 Å². The van der Waals surface area contributed by atoms with Crippen LogP contribution in [0.15, 0.2) is 147 Å². The zero-order valence-electron chi connectivity index (χ0n) is 89.7. The molecule has 0 amide bonds. The van der Waals surface area contributed by atoms with E-state index in [4.69, 9.17) is 0 Å². The number of piperidine rings is 1. The molecule has 0 N–H and O–H groups in total. The predicted molar refractivity (Wildman–Crippen MR) is 558 cm³/mol. The summed E-state index contributed by atoms with van der Waals surface area (Å²) >= 11 is 0. The van der Waals surface area contributed by atoms with E-state index in [-0.39, 0.29) is 16.6 Å². The van der Waals surface area contributed by atoms with Gasteiger partial charge in [0.15, 0.2) is 0 Å². The smallest absolute Gasteiger partial charge is 0.141 e. The van der Waals surface area contributed by atoms with Crippen molar-refractivity contribution in [1.82, 2.24) is 97.2 Å². The maximum Gasteiger partial charge on any atom is 0.141 e. The molecule has 133 heavy (non-hydrogen) atoms. The number of aromatic nitrogens is 8. The summed E-state index contributed by atoms with van der Waals surface area (Å²) in [5, 5.41) is 4.15. The van der Waals surface area contributed by atoms with Crippen LogP contribution in [-0.2, 0) is 104 Å². The molecule has 0 radical (unpaired) electrons. The van der Waals surface area contributed by atoms with Gasteiger partial charge in [0.05, 0.1) is 26.2 Å². The van der Waals surface area contributed by atoms with Crippen molar-refractivity contribution in [2.45, 2.75) is 412 Å². The van der Waals surface area contributed by atoms with Crippen LogP contribution in [0.5, 0.6) is 0 Å². The summed E-state index contributed by atoms with van der Waals surface area (Å²) in [6.07, 6.45) is 21.3. The first-order chi connectivity index (χ1) is 62.2. The normalized spacial score (nSPS) is 20.9. The first kappa shape index (κ1) is 107. The first-order valence-corrected chi connectivity index (χ1v) is 51.5. The summed E-state index contributed by atoms with van der Waals surface area (Å²) in [5.74, 6) is 3.48. The number of rotatable bonds is 0. The molecule has 12 aliphatic rings. The van der Waals surface area contributed by atoms with Crippen molar-refractivity contribution in [3.8, 4) is 0 Å². The summed E-state index contributed by atoms with van der Waals surface area (Å²) < 4.78 is 8.81. The van der Waals surface area contributed by atoms with Gasteiger partial charge in [-0.3, -0.25) is 58.8 Å². The van der Waals surface area contributed by atoms with Crippen LogP contribution in [0, 0.1) is 0 Å². The SMILES string of the molecule is CC(C)(C)N1CCN2CCCC2C1.CC(C)(C)N1CCN2CCCCC2C1.CC(C)(C)N1CCc2ccccc2C1.CC(C)(C)N1CCc2ccccc2C1.CC(C)(C)N1CCn2cccc2C1.CC(C)(C)N1CCn2ccnc2C1.CC(C)(C)N1CCn2ccnc2C1.CC(C)(C)N1CCn2ncnc2C1.CC(C)(C)N1Cc2ccccc2C1.CC(C)(C)N1Cc2ccccc2C1. The standard InChI is InChI=1S/2C13H19N.C12H24N2.2C12H17N.C11H22N2.C11H18N2.2C10H17N3.C9H16N4/c2*1-13(2,3)14-9-8-11-6-4-5-7-12(11)10-14;1-12(2,3)14-9-8-13-7-5-4-6-11(13)10-14;2*1-12(2,3)13-8-10-6-4-5-7-11(10)9-13;2*1-11(2,3)13-8-7-12-6-4-5-10(12)9-13;2*1-10(2,3)13-7-6-12-5-4-11-9(12)8-13;1-9(2,3)12-4-5-13-8(6-12)10-7-11-13/h2*4-7H,8-10H2,1-3H3;11H,4-10H2,1-3H3;2*4-7H,8-9H2,1-3H3;10H,4-9H2,1-3H3;4-6H,7-9H2,1-3H3;2*4-5H,6-8H2,1-3H3;7H,4-6H2,1-3H3. The van der Waals surface area contributed by atoms with Crippen LogP contribution in [0.2, 0.25) is 0 Å². The van der Waals surface area contributed by atoms with E-state index in [0.29, 0.717) is 38.8 Å². The highest BCUT2D eigenvalue weighted by molar-refractivity contribution is 5.33. The predicted octanol–water partition coefficient (Wildman–Crippen LogP) is 20.8. The highest BCUT2D eigenvalue weighted by Crippen LogP contribution is 2.35. The van der Waals surface area contributed by atoms with Crippen LogP contribution in [0.25, 0.3) is 0 Å². The first-order valence-electron chi connectivity index (χ1n) is 51.5. The van der Waals surface area contributed by atoms with Gasteiger partial charge in [0.2, 0.25) is 0 Å². The van der Waals surface area contributed by atoms with Gasteiger partial charge in [-0.25, -0.2) is 19.6 Å². The Balaban J connectivity index is 0.000000142. The third kappa shape index (κ3) is 31.4. The monoisotopic (exact) mass is 1820 g/mol. The van der Waals surface area contributed by atoms with E-state index in [1.165, 1.54) is 179 Å². The molecule has 20 nitrogen and oxygen atoms in total. The van der Waals surface area contributed by atoms with E-state index in [0.717, 1.165) is 129 Å². The summed E-state index contributed by atoms with van der Waals surface area (Å²) in [5.41, 5.74) is 16.5. The number of piperazine rings is 2. The lowest BCUT2D eigenvalue weighted by atomic mass is 9.95. The van der Waals surface area contributed by atoms with Crippen molar-refractivity contribution in [3.63, 3.8) is 0 Å². The molecular formula is C113H186N20. The fourth-order valence-electron chi connectivity index (χ4n) is 20.1. The maximum absolute atomic E-state index is 4.34. The van der Waals surface area contributed by atoms with Crippen molar-refractivity contribution in [2.24, 2.45) is 0 Å². The molecule has 0 spiro atoms. The number of nitrogens with zero attached hydrogens (tertiary/aromatic N) is 20. The Labute approximate surface area is 810 Å². The Bertz CT molecular complexity index is 4350. The lowest BCUT2D eigenvalue weighted by Crippen LogP contribution is -2.59. The largest absolute Gasteiger partial charge is 0.349 e. The second-order valence-corrected chi connectivity index (χ2v) is 49.6. The molecule has 0 saturated carbocycles. The van der Waals surface area contributed by atoms with Crippen molar-refractivity contribution in [3.05, 3.63) is 214 Å². The second-order valence-electron chi connectivity index (χ2n) is 49.6. The Morgan fingerprint density at radius 2 is 0.534 bits per heavy atom. The Morgan fingerprint density at radius 1 is 0.233 bits per heavy atom. The molecular weight excluding hydrogens is 1640 g/mol. The lowest BCUT2D eigenvalue weighted by Gasteiger charge is -2.48. The second kappa shape index (κ2) is 45.4. The van der Waals surface area contributed by atoms with E-state index in [1.54, 1.807) is 6.33 Å². The van der Waals surface area contributed by atoms with Gasteiger partial charge in [-0.2, -0.15) is 5.10 Å². The molecule has 20 rings (SSSR count). The average molecular weight is 1820 g/mol. The van der Waals surface area contributed by atoms with Gasteiger partial charge >= 0.3 is 0 Å². The summed E-state index contributed by atoms with van der Waals surface area (Å²) in [6.45, 7) is 101. The van der Waals surface area contributed by atoms with Gasteiger partial charge in [0.1, 0.15) is 23.8 Å². The van der Waals surface area contributed by atoms with E-state index in [9.17, 15) is 0 Å². The minimum absolute atomic E-state index is 0.233. The minimum atomic E-state index is 0.233. The molecule has 738 valence electrons. The molecule has 4 aromatic carbocycles. The third-order valence-corrected chi connectivity index (χ3v) is 29.8. The van der Waals surface area contributed by atoms with Gasteiger partial charge < -0.3 is 13.7 Å². The van der Waals surface area contributed by atoms with Crippen LogP contribution in [0.1, 0.15) is 307 Å². The van der Waals surface area contributed by atoms with Crippen LogP contribution >= 0.6 is 0 Å². The van der Waals surface area contributed by atoms with Crippen molar-refractivity contribution >= 4 is 0 Å². The van der Waals surface area contributed by atoms with Crippen LogP contribution in [0.3, 0.4) is 0 Å². The van der Waals surface area contributed by atoms with Crippen LogP contribution < -0.4 is 0 Å². The van der Waals surface area contributed by atoms with Crippen LogP contribution in [0.4, 0.5) is 0 Å². The zero-order chi connectivity index (χ0) is 96.9. The molecule has 2 unspecified atom stereocenters. The van der Waals surface area contributed by atoms with Gasteiger partial charge in [-0.15, -0.1) is 0 Å².